The van der Waals surface area contributed by atoms with Crippen molar-refractivity contribution in [3.8, 4) is 0 Å². The fourth-order valence-corrected chi connectivity index (χ4v) is 3.30. The number of carbonyl (C=O) groups excluding carboxylic acids is 1. The van der Waals surface area contributed by atoms with Crippen molar-refractivity contribution in [3.63, 3.8) is 0 Å². The summed E-state index contributed by atoms with van der Waals surface area (Å²) in [5.74, 6) is -0.00996. The highest BCUT2D eigenvalue weighted by Gasteiger charge is 2.34. The molecule has 1 saturated carbocycles. The number of hydrogen-bond acceptors (Lipinski definition) is 3. The van der Waals surface area contributed by atoms with E-state index < -0.39 is 0 Å². The van der Waals surface area contributed by atoms with Gasteiger partial charge in [0.25, 0.3) is 5.91 Å². The molecule has 0 radical (unpaired) electrons. The second-order valence-corrected chi connectivity index (χ2v) is 6.35. The molecule has 0 unspecified atom stereocenters. The lowest BCUT2D eigenvalue weighted by Gasteiger charge is -2.43. The summed E-state index contributed by atoms with van der Waals surface area (Å²) in [5, 5.41) is 7.48. The summed E-state index contributed by atoms with van der Waals surface area (Å²) in [5.41, 5.74) is 1.67. The first-order chi connectivity index (χ1) is 9.98. The zero-order valence-corrected chi connectivity index (χ0v) is 13.8. The molecule has 1 N–H and O–H groups in total. The van der Waals surface area contributed by atoms with Crippen LogP contribution < -0.4 is 5.32 Å². The maximum atomic E-state index is 12.5. The molecule has 0 saturated heterocycles. The Hall–Kier alpha value is -1.36. The quantitative estimate of drug-likeness (QED) is 0.905. The molecule has 118 valence electrons. The number of aromatic nitrogens is 2. The minimum absolute atomic E-state index is 0.00996. The maximum absolute atomic E-state index is 12.5. The first kappa shape index (κ1) is 16.0. The van der Waals surface area contributed by atoms with Crippen LogP contribution in [0.1, 0.15) is 55.2 Å². The second kappa shape index (κ2) is 6.60. The number of nitrogens with zero attached hydrogens (tertiary/aromatic N) is 3. The second-order valence-electron chi connectivity index (χ2n) is 6.35. The van der Waals surface area contributed by atoms with Gasteiger partial charge in [-0.15, -0.1) is 0 Å². The smallest absolute Gasteiger partial charge is 0.269 e. The van der Waals surface area contributed by atoms with Crippen molar-refractivity contribution in [1.29, 1.82) is 0 Å². The largest absolute Gasteiger partial charge is 0.349 e. The minimum atomic E-state index is -0.00996. The van der Waals surface area contributed by atoms with E-state index in [1.807, 2.05) is 19.9 Å². The summed E-state index contributed by atoms with van der Waals surface area (Å²) in [6.07, 6.45) is 6.13. The lowest BCUT2D eigenvalue weighted by Crippen LogP contribution is -2.53. The number of rotatable bonds is 5. The van der Waals surface area contributed by atoms with Crippen LogP contribution in [-0.4, -0.2) is 46.8 Å². The Morgan fingerprint density at radius 3 is 2.62 bits per heavy atom. The van der Waals surface area contributed by atoms with Gasteiger partial charge in [0.05, 0.1) is 5.69 Å². The van der Waals surface area contributed by atoms with Gasteiger partial charge in [-0.1, -0.05) is 19.3 Å². The fraction of sp³-hybridized carbons (Fsp3) is 0.750. The van der Waals surface area contributed by atoms with Crippen molar-refractivity contribution >= 4 is 5.91 Å². The third-order valence-corrected chi connectivity index (χ3v) is 4.75. The number of carbonyl (C=O) groups is 1. The summed E-state index contributed by atoms with van der Waals surface area (Å²) >= 11 is 0. The van der Waals surface area contributed by atoms with E-state index in [2.05, 4.69) is 29.4 Å². The van der Waals surface area contributed by atoms with Crippen molar-refractivity contribution in [2.45, 2.75) is 58.0 Å². The molecule has 1 amide bonds. The van der Waals surface area contributed by atoms with E-state index in [9.17, 15) is 4.79 Å². The fourth-order valence-electron chi connectivity index (χ4n) is 3.30. The molecule has 1 fully saturated rings. The van der Waals surface area contributed by atoms with Crippen molar-refractivity contribution in [1.82, 2.24) is 20.0 Å². The van der Waals surface area contributed by atoms with E-state index in [-0.39, 0.29) is 11.4 Å². The topological polar surface area (TPSA) is 50.2 Å². The highest BCUT2D eigenvalue weighted by molar-refractivity contribution is 5.92. The van der Waals surface area contributed by atoms with Crippen LogP contribution >= 0.6 is 0 Å². The van der Waals surface area contributed by atoms with E-state index in [1.54, 1.807) is 4.68 Å². The first-order valence-electron chi connectivity index (χ1n) is 7.98. The molecule has 0 bridgehead atoms. The van der Waals surface area contributed by atoms with Crippen molar-refractivity contribution < 1.29 is 4.79 Å². The van der Waals surface area contributed by atoms with Crippen molar-refractivity contribution in [2.24, 2.45) is 0 Å². The Kier molecular flexibility index (Phi) is 5.04. The van der Waals surface area contributed by atoms with Gasteiger partial charge in [-0.2, -0.15) is 5.10 Å². The van der Waals surface area contributed by atoms with Gasteiger partial charge in [0.15, 0.2) is 0 Å². The van der Waals surface area contributed by atoms with Gasteiger partial charge >= 0.3 is 0 Å². The van der Waals surface area contributed by atoms with E-state index in [4.69, 9.17) is 0 Å². The number of aryl methyl sites for hydroxylation is 2. The summed E-state index contributed by atoms with van der Waals surface area (Å²) in [6.45, 7) is 5.36. The van der Waals surface area contributed by atoms with Crippen LogP contribution in [0, 0.1) is 6.92 Å². The molecule has 0 aliphatic heterocycles. The molecular formula is C16H28N4O. The summed E-state index contributed by atoms with van der Waals surface area (Å²) in [4.78, 5) is 14.7. The molecule has 1 aromatic rings. The molecule has 5 heteroatoms. The zero-order valence-electron chi connectivity index (χ0n) is 13.8. The van der Waals surface area contributed by atoms with Crippen LogP contribution in [0.15, 0.2) is 6.07 Å². The van der Waals surface area contributed by atoms with Crippen LogP contribution in [0.25, 0.3) is 0 Å². The maximum Gasteiger partial charge on any atom is 0.269 e. The highest BCUT2D eigenvalue weighted by Crippen LogP contribution is 2.31. The molecule has 1 aliphatic carbocycles. The Bertz CT molecular complexity index is 486. The average molecular weight is 292 g/mol. The van der Waals surface area contributed by atoms with E-state index in [0.717, 1.165) is 25.1 Å². The third kappa shape index (κ3) is 3.46. The van der Waals surface area contributed by atoms with Gasteiger partial charge in [0.2, 0.25) is 0 Å². The predicted octanol–water partition coefficient (Wildman–Crippen LogP) is 2.21. The van der Waals surface area contributed by atoms with Crippen LogP contribution in [0.3, 0.4) is 0 Å². The summed E-state index contributed by atoms with van der Waals surface area (Å²) in [6, 6.07) is 1.86. The molecule has 0 aromatic carbocycles. The van der Waals surface area contributed by atoms with Gasteiger partial charge in [-0.05, 0) is 46.9 Å². The number of amides is 1. The van der Waals surface area contributed by atoms with Gasteiger partial charge < -0.3 is 10.2 Å². The average Bonchev–Trinajstić information content (AvgIpc) is 2.86. The van der Waals surface area contributed by atoms with Gasteiger partial charge in [0, 0.05) is 18.6 Å². The number of hydrogen-bond donors (Lipinski definition) is 1. The summed E-state index contributed by atoms with van der Waals surface area (Å²) in [7, 11) is 4.25. The zero-order chi connectivity index (χ0) is 15.5. The molecule has 1 aliphatic rings. The highest BCUT2D eigenvalue weighted by atomic mass is 16.2. The monoisotopic (exact) mass is 292 g/mol. The normalized spacial score (nSPS) is 18.0. The molecule has 0 spiro atoms. The van der Waals surface area contributed by atoms with E-state index in [1.165, 1.54) is 19.3 Å². The Morgan fingerprint density at radius 2 is 2.05 bits per heavy atom. The van der Waals surface area contributed by atoms with E-state index in [0.29, 0.717) is 12.2 Å². The first-order valence-corrected chi connectivity index (χ1v) is 7.98. The van der Waals surface area contributed by atoms with Crippen LogP contribution in [-0.2, 0) is 6.54 Å². The SMILES string of the molecule is CCn1nc(C)cc1C(=O)NCC1(N(C)C)CCCCC1. The molecule has 1 heterocycles. The van der Waals surface area contributed by atoms with Crippen LogP contribution in [0.5, 0.6) is 0 Å². The van der Waals surface area contributed by atoms with Crippen molar-refractivity contribution in [3.05, 3.63) is 17.5 Å². The Labute approximate surface area is 127 Å². The summed E-state index contributed by atoms with van der Waals surface area (Å²) < 4.78 is 1.77. The molecule has 0 atom stereocenters. The molecule has 5 nitrogen and oxygen atoms in total. The Morgan fingerprint density at radius 1 is 1.38 bits per heavy atom. The molecule has 1 aromatic heterocycles. The molecule has 2 rings (SSSR count). The van der Waals surface area contributed by atoms with Gasteiger partial charge in [-0.3, -0.25) is 9.48 Å². The van der Waals surface area contributed by atoms with Crippen molar-refractivity contribution in [2.75, 3.05) is 20.6 Å². The predicted molar refractivity (Wildman–Crippen MR) is 84.5 cm³/mol. The number of nitrogens with one attached hydrogen (secondary N) is 1. The lowest BCUT2D eigenvalue weighted by atomic mass is 9.80. The number of likely N-dealkylation sites (N-methyl/N-ethyl adjacent to an activating group) is 1. The van der Waals surface area contributed by atoms with Crippen LogP contribution in [0.2, 0.25) is 0 Å². The molecule has 21 heavy (non-hydrogen) atoms. The Balaban J connectivity index is 2.05. The van der Waals surface area contributed by atoms with Gasteiger partial charge in [-0.25, -0.2) is 0 Å². The van der Waals surface area contributed by atoms with Gasteiger partial charge in [0.1, 0.15) is 5.69 Å². The standard InChI is InChI=1S/C16H28N4O/c1-5-20-14(11-13(2)18-20)15(21)17-12-16(19(3)4)9-7-6-8-10-16/h11H,5-10,12H2,1-4H3,(H,17,21). The minimum Gasteiger partial charge on any atom is -0.349 e. The molecular weight excluding hydrogens is 264 g/mol. The van der Waals surface area contributed by atoms with Crippen LogP contribution in [0.4, 0.5) is 0 Å². The van der Waals surface area contributed by atoms with E-state index >= 15 is 0 Å². The third-order valence-electron chi connectivity index (χ3n) is 4.75. The lowest BCUT2D eigenvalue weighted by molar-refractivity contribution is 0.0792.